The number of anilines is 2. The summed E-state index contributed by atoms with van der Waals surface area (Å²) < 4.78 is 5.31. The van der Waals surface area contributed by atoms with Crippen LogP contribution in [-0.4, -0.2) is 60.1 Å². The molecule has 2 N–H and O–H groups in total. The van der Waals surface area contributed by atoms with Crippen LogP contribution in [0.4, 0.5) is 11.6 Å². The van der Waals surface area contributed by atoms with Crippen molar-refractivity contribution in [2.45, 2.75) is 0 Å². The second-order valence-electron chi connectivity index (χ2n) is 6.59. The topological polar surface area (TPSA) is 92.3 Å². The number of hydrogen-bond acceptors (Lipinski definition) is 7. The highest BCUT2D eigenvalue weighted by atomic mass is 16.5. The zero-order valence-electron chi connectivity index (χ0n) is 16.7. The summed E-state index contributed by atoms with van der Waals surface area (Å²) in [5, 5.41) is 6.05. The van der Waals surface area contributed by atoms with Crippen molar-refractivity contribution in [1.29, 1.82) is 0 Å². The minimum Gasteiger partial charge on any atom is -0.481 e. The monoisotopic (exact) mass is 392 g/mol. The molecule has 3 aromatic rings. The van der Waals surface area contributed by atoms with Gasteiger partial charge in [-0.3, -0.25) is 4.79 Å². The molecular formula is C21H24N6O2. The number of aromatic nitrogens is 3. The molecule has 1 amide bonds. The highest BCUT2D eigenvalue weighted by Gasteiger charge is 2.10. The number of rotatable bonds is 8. The normalized spacial score (nSPS) is 10.6. The third-order valence-corrected chi connectivity index (χ3v) is 4.12. The summed E-state index contributed by atoms with van der Waals surface area (Å²) in [6.07, 6.45) is 3.33. The molecule has 0 saturated heterocycles. The average Bonchev–Trinajstić information content (AvgIpc) is 2.73. The first-order valence-electron chi connectivity index (χ1n) is 9.19. The van der Waals surface area contributed by atoms with Crippen LogP contribution in [0.5, 0.6) is 5.88 Å². The van der Waals surface area contributed by atoms with E-state index in [-0.39, 0.29) is 5.91 Å². The van der Waals surface area contributed by atoms with Gasteiger partial charge in [-0.15, -0.1) is 0 Å². The van der Waals surface area contributed by atoms with E-state index in [2.05, 4.69) is 25.6 Å². The molecule has 0 aliphatic carbocycles. The van der Waals surface area contributed by atoms with Crippen LogP contribution >= 0.6 is 0 Å². The lowest BCUT2D eigenvalue weighted by atomic mass is 10.2. The Labute approximate surface area is 170 Å². The molecule has 3 rings (SSSR count). The van der Waals surface area contributed by atoms with Gasteiger partial charge in [-0.25, -0.2) is 15.0 Å². The number of likely N-dealkylation sites (N-methyl/N-ethyl adjacent to an activating group) is 1. The van der Waals surface area contributed by atoms with Crippen molar-refractivity contribution in [1.82, 2.24) is 25.2 Å². The van der Waals surface area contributed by atoms with Gasteiger partial charge in [-0.2, -0.15) is 0 Å². The average molecular weight is 392 g/mol. The van der Waals surface area contributed by atoms with Gasteiger partial charge >= 0.3 is 0 Å². The van der Waals surface area contributed by atoms with E-state index in [1.54, 1.807) is 37.7 Å². The first-order valence-corrected chi connectivity index (χ1v) is 9.19. The van der Waals surface area contributed by atoms with Gasteiger partial charge in [-0.1, -0.05) is 6.07 Å². The van der Waals surface area contributed by atoms with Gasteiger partial charge in [0.2, 0.25) is 11.8 Å². The highest BCUT2D eigenvalue weighted by molar-refractivity contribution is 5.95. The smallest absolute Gasteiger partial charge is 0.251 e. The summed E-state index contributed by atoms with van der Waals surface area (Å²) in [4.78, 5) is 27.4. The minimum absolute atomic E-state index is 0.120. The number of ether oxygens (including phenoxy) is 1. The van der Waals surface area contributed by atoms with Crippen LogP contribution < -0.4 is 15.4 Å². The first kappa shape index (κ1) is 20.2. The molecule has 8 heteroatoms. The third-order valence-electron chi connectivity index (χ3n) is 4.12. The van der Waals surface area contributed by atoms with Gasteiger partial charge in [0.1, 0.15) is 0 Å². The minimum atomic E-state index is -0.120. The lowest BCUT2D eigenvalue weighted by Crippen LogP contribution is -2.31. The van der Waals surface area contributed by atoms with E-state index in [0.29, 0.717) is 29.6 Å². The van der Waals surface area contributed by atoms with Crippen molar-refractivity contribution < 1.29 is 9.53 Å². The van der Waals surface area contributed by atoms with Crippen molar-refractivity contribution in [3.8, 4) is 17.1 Å². The maximum atomic E-state index is 12.3. The van der Waals surface area contributed by atoms with Crippen LogP contribution in [-0.2, 0) is 0 Å². The molecule has 0 atom stereocenters. The van der Waals surface area contributed by atoms with E-state index in [4.69, 9.17) is 4.74 Å². The predicted octanol–water partition coefficient (Wildman–Crippen LogP) is 2.58. The molecule has 2 aromatic heterocycles. The molecule has 150 valence electrons. The van der Waals surface area contributed by atoms with Gasteiger partial charge in [0.05, 0.1) is 18.4 Å². The largest absolute Gasteiger partial charge is 0.481 e. The maximum Gasteiger partial charge on any atom is 0.251 e. The lowest BCUT2D eigenvalue weighted by molar-refractivity contribution is 0.0951. The van der Waals surface area contributed by atoms with E-state index >= 15 is 0 Å². The molecule has 0 aliphatic rings. The Balaban J connectivity index is 1.75. The molecule has 0 fully saturated rings. The van der Waals surface area contributed by atoms with E-state index in [1.807, 2.05) is 43.3 Å². The number of benzene rings is 1. The molecule has 0 aliphatic heterocycles. The van der Waals surface area contributed by atoms with Crippen LogP contribution in [0.1, 0.15) is 10.4 Å². The number of pyridine rings is 1. The SMILES string of the molecule is COc1ncccc1-c1ccnc(Nc2cccc(C(=O)NCCN(C)C)c2)n1. The fourth-order valence-corrected chi connectivity index (χ4v) is 2.68. The van der Waals surface area contributed by atoms with Crippen molar-refractivity contribution >= 4 is 17.5 Å². The second-order valence-corrected chi connectivity index (χ2v) is 6.59. The highest BCUT2D eigenvalue weighted by Crippen LogP contribution is 2.26. The lowest BCUT2D eigenvalue weighted by Gasteiger charge is -2.11. The molecule has 0 bridgehead atoms. The number of carbonyl (C=O) groups excluding carboxylic acids is 1. The number of hydrogen-bond donors (Lipinski definition) is 2. The predicted molar refractivity (Wildman–Crippen MR) is 112 cm³/mol. The first-order chi connectivity index (χ1) is 14.1. The van der Waals surface area contributed by atoms with Crippen LogP contribution in [0.15, 0.2) is 54.9 Å². The molecule has 0 radical (unpaired) electrons. The van der Waals surface area contributed by atoms with E-state index < -0.39 is 0 Å². The summed E-state index contributed by atoms with van der Waals surface area (Å²) in [5.74, 6) is 0.789. The van der Waals surface area contributed by atoms with Gasteiger partial charge in [0.15, 0.2) is 0 Å². The summed E-state index contributed by atoms with van der Waals surface area (Å²) in [5.41, 5.74) is 2.75. The fourth-order valence-electron chi connectivity index (χ4n) is 2.68. The van der Waals surface area contributed by atoms with E-state index in [1.165, 1.54) is 0 Å². The van der Waals surface area contributed by atoms with E-state index in [9.17, 15) is 4.79 Å². The quantitative estimate of drug-likeness (QED) is 0.609. The number of amides is 1. The zero-order chi connectivity index (χ0) is 20.6. The van der Waals surface area contributed by atoms with E-state index in [0.717, 1.165) is 17.8 Å². The molecular weight excluding hydrogens is 368 g/mol. The van der Waals surface area contributed by atoms with Gasteiger partial charge in [-0.05, 0) is 50.5 Å². The second kappa shape index (κ2) is 9.61. The number of nitrogens with zero attached hydrogens (tertiary/aromatic N) is 4. The molecule has 8 nitrogen and oxygen atoms in total. The molecule has 0 spiro atoms. The Morgan fingerprint density at radius 3 is 2.76 bits per heavy atom. The Hall–Kier alpha value is -3.52. The van der Waals surface area contributed by atoms with Gasteiger partial charge < -0.3 is 20.3 Å². The van der Waals surface area contributed by atoms with Crippen molar-refractivity contribution in [3.63, 3.8) is 0 Å². The summed E-state index contributed by atoms with van der Waals surface area (Å²) >= 11 is 0. The van der Waals surface area contributed by atoms with Crippen molar-refractivity contribution in [2.75, 3.05) is 39.6 Å². The van der Waals surface area contributed by atoms with Crippen LogP contribution in [0, 0.1) is 0 Å². The third kappa shape index (κ3) is 5.49. The molecule has 1 aromatic carbocycles. The Morgan fingerprint density at radius 1 is 1.10 bits per heavy atom. The van der Waals surface area contributed by atoms with Crippen LogP contribution in [0.2, 0.25) is 0 Å². The van der Waals surface area contributed by atoms with Crippen molar-refractivity contribution in [3.05, 3.63) is 60.4 Å². The standard InChI is InChI=1S/C21H24N6O2/c1-27(2)13-12-22-19(28)15-6-4-7-16(14-15)25-21-24-11-9-18(26-21)17-8-5-10-23-20(17)29-3/h4-11,14H,12-13H2,1-3H3,(H,22,28)(H,24,25,26). The number of methoxy groups -OCH3 is 1. The molecule has 0 saturated carbocycles. The molecule has 0 unspecified atom stereocenters. The Kier molecular flexibility index (Phi) is 6.70. The summed E-state index contributed by atoms with van der Waals surface area (Å²) in [6, 6.07) is 12.7. The summed E-state index contributed by atoms with van der Waals surface area (Å²) in [6.45, 7) is 1.36. The fraction of sp³-hybridized carbons (Fsp3) is 0.238. The number of nitrogens with one attached hydrogen (secondary N) is 2. The van der Waals surface area contributed by atoms with Crippen LogP contribution in [0.25, 0.3) is 11.3 Å². The van der Waals surface area contributed by atoms with Crippen LogP contribution in [0.3, 0.4) is 0 Å². The molecule has 2 heterocycles. The number of carbonyl (C=O) groups is 1. The molecule has 29 heavy (non-hydrogen) atoms. The zero-order valence-corrected chi connectivity index (χ0v) is 16.7. The Morgan fingerprint density at radius 2 is 1.97 bits per heavy atom. The maximum absolute atomic E-state index is 12.3. The van der Waals surface area contributed by atoms with Crippen molar-refractivity contribution in [2.24, 2.45) is 0 Å². The Bertz CT molecular complexity index is 977. The van der Waals surface area contributed by atoms with Gasteiger partial charge in [0, 0.05) is 36.7 Å². The summed E-state index contributed by atoms with van der Waals surface area (Å²) in [7, 11) is 5.50. The van der Waals surface area contributed by atoms with Gasteiger partial charge in [0.25, 0.3) is 5.91 Å².